The molecule has 1 aliphatic rings. The van der Waals surface area contributed by atoms with Crippen LogP contribution in [0, 0.1) is 10.8 Å². The Bertz CT molecular complexity index is 343. The van der Waals surface area contributed by atoms with E-state index in [1.807, 2.05) is 0 Å². The van der Waals surface area contributed by atoms with Gasteiger partial charge < -0.3 is 15.7 Å². The van der Waals surface area contributed by atoms with Gasteiger partial charge in [-0.15, -0.1) is 0 Å². The number of urea groups is 1. The number of carbonyl (C=O) groups is 2. The lowest BCUT2D eigenvalue weighted by Gasteiger charge is -2.28. The molecule has 5 heteroatoms. The molecule has 19 heavy (non-hydrogen) atoms. The minimum absolute atomic E-state index is 0.270. The average molecular weight is 270 g/mol. The van der Waals surface area contributed by atoms with Crippen molar-refractivity contribution in [3.05, 3.63) is 0 Å². The Morgan fingerprint density at radius 2 is 1.89 bits per heavy atom. The van der Waals surface area contributed by atoms with E-state index in [-0.39, 0.29) is 11.4 Å². The Kier molecular flexibility index (Phi) is 4.82. The van der Waals surface area contributed by atoms with Gasteiger partial charge in [-0.1, -0.05) is 34.1 Å². The van der Waals surface area contributed by atoms with Crippen molar-refractivity contribution in [1.29, 1.82) is 0 Å². The Balaban J connectivity index is 2.44. The van der Waals surface area contributed by atoms with Gasteiger partial charge in [-0.05, 0) is 30.1 Å². The van der Waals surface area contributed by atoms with Crippen molar-refractivity contribution in [2.45, 2.75) is 59.4 Å². The first kappa shape index (κ1) is 15.8. The smallest absolute Gasteiger partial charge is 0.326 e. The van der Waals surface area contributed by atoms with E-state index in [0.29, 0.717) is 6.54 Å². The van der Waals surface area contributed by atoms with Crippen molar-refractivity contribution in [3.8, 4) is 0 Å². The van der Waals surface area contributed by atoms with Gasteiger partial charge in [-0.2, -0.15) is 0 Å². The highest BCUT2D eigenvalue weighted by atomic mass is 16.4. The van der Waals surface area contributed by atoms with Crippen molar-refractivity contribution in [3.63, 3.8) is 0 Å². The number of nitrogens with one attached hydrogen (secondary N) is 2. The predicted molar refractivity (Wildman–Crippen MR) is 74.0 cm³/mol. The summed E-state index contributed by atoms with van der Waals surface area (Å²) < 4.78 is 0. The summed E-state index contributed by atoms with van der Waals surface area (Å²) in [5.74, 6) is -1.00. The second-order valence-electron chi connectivity index (χ2n) is 6.71. The lowest BCUT2D eigenvalue weighted by atomic mass is 9.87. The van der Waals surface area contributed by atoms with Crippen LogP contribution in [0.25, 0.3) is 0 Å². The van der Waals surface area contributed by atoms with E-state index in [2.05, 4.69) is 17.6 Å². The number of hydrogen-bond acceptors (Lipinski definition) is 2. The van der Waals surface area contributed by atoms with Crippen LogP contribution < -0.4 is 10.6 Å². The van der Waals surface area contributed by atoms with Gasteiger partial charge in [0.2, 0.25) is 0 Å². The van der Waals surface area contributed by atoms with Crippen LogP contribution in [0.5, 0.6) is 0 Å². The van der Waals surface area contributed by atoms with Crippen LogP contribution >= 0.6 is 0 Å². The molecule has 0 heterocycles. The molecule has 0 bridgehead atoms. The number of rotatable bonds is 6. The van der Waals surface area contributed by atoms with Gasteiger partial charge >= 0.3 is 12.0 Å². The van der Waals surface area contributed by atoms with Gasteiger partial charge in [-0.3, -0.25) is 0 Å². The van der Waals surface area contributed by atoms with Gasteiger partial charge in [-0.25, -0.2) is 9.59 Å². The first-order valence-electron chi connectivity index (χ1n) is 6.97. The topological polar surface area (TPSA) is 78.4 Å². The van der Waals surface area contributed by atoms with Crippen molar-refractivity contribution in [1.82, 2.24) is 10.6 Å². The highest BCUT2D eigenvalue weighted by Gasteiger charge is 2.41. The summed E-state index contributed by atoms with van der Waals surface area (Å²) in [4.78, 5) is 23.0. The molecule has 110 valence electrons. The molecule has 1 saturated carbocycles. The minimum atomic E-state index is -1.00. The third kappa shape index (κ3) is 4.73. The maximum absolute atomic E-state index is 11.8. The molecule has 2 amide bonds. The van der Waals surface area contributed by atoms with Crippen LogP contribution in [0.3, 0.4) is 0 Å². The monoisotopic (exact) mass is 270 g/mol. The second-order valence-corrected chi connectivity index (χ2v) is 6.71. The zero-order chi connectivity index (χ0) is 14.7. The van der Waals surface area contributed by atoms with Crippen LogP contribution in [0.1, 0.15) is 53.4 Å². The summed E-state index contributed by atoms with van der Waals surface area (Å²) in [6.07, 6.45) is 4.55. The SMILES string of the molecule is CCCC1(CNC(=O)N[C@H](C(=O)O)C(C)(C)C)CC1. The van der Waals surface area contributed by atoms with Crippen LogP contribution in [0.4, 0.5) is 4.79 Å². The summed E-state index contributed by atoms with van der Waals surface area (Å²) in [7, 11) is 0. The van der Waals surface area contributed by atoms with Crippen molar-refractivity contribution in [2.75, 3.05) is 6.54 Å². The van der Waals surface area contributed by atoms with E-state index in [0.717, 1.165) is 25.7 Å². The highest BCUT2D eigenvalue weighted by Crippen LogP contribution is 2.48. The van der Waals surface area contributed by atoms with Crippen molar-refractivity contribution < 1.29 is 14.7 Å². The summed E-state index contributed by atoms with van der Waals surface area (Å²) in [6, 6.07) is -1.27. The maximum Gasteiger partial charge on any atom is 0.326 e. The minimum Gasteiger partial charge on any atom is -0.480 e. The van der Waals surface area contributed by atoms with E-state index in [1.165, 1.54) is 0 Å². The highest BCUT2D eigenvalue weighted by molar-refractivity contribution is 5.83. The molecule has 3 N–H and O–H groups in total. The summed E-state index contributed by atoms with van der Waals surface area (Å²) >= 11 is 0. The predicted octanol–water partition coefficient (Wildman–Crippen LogP) is 2.37. The Morgan fingerprint density at radius 1 is 1.32 bits per heavy atom. The fourth-order valence-corrected chi connectivity index (χ4v) is 2.32. The number of amides is 2. The van der Waals surface area contributed by atoms with E-state index in [1.54, 1.807) is 20.8 Å². The Morgan fingerprint density at radius 3 is 2.26 bits per heavy atom. The zero-order valence-electron chi connectivity index (χ0n) is 12.4. The summed E-state index contributed by atoms with van der Waals surface area (Å²) in [5.41, 5.74) is -0.240. The molecule has 0 radical (unpaired) electrons. The van der Waals surface area contributed by atoms with Gasteiger partial charge in [0.25, 0.3) is 0 Å². The number of carboxylic acid groups (broad SMARTS) is 1. The summed E-state index contributed by atoms with van der Waals surface area (Å²) in [6.45, 7) is 8.17. The van der Waals surface area contributed by atoms with E-state index in [4.69, 9.17) is 5.11 Å². The number of carboxylic acids is 1. The van der Waals surface area contributed by atoms with Gasteiger partial charge in [0.15, 0.2) is 0 Å². The summed E-state index contributed by atoms with van der Waals surface area (Å²) in [5, 5.41) is 14.5. The molecule has 0 aromatic heterocycles. The van der Waals surface area contributed by atoms with Crippen molar-refractivity contribution >= 4 is 12.0 Å². The molecule has 5 nitrogen and oxygen atoms in total. The zero-order valence-corrected chi connectivity index (χ0v) is 12.4. The molecule has 1 rings (SSSR count). The van der Waals surface area contributed by atoms with Crippen LogP contribution in [-0.2, 0) is 4.79 Å². The van der Waals surface area contributed by atoms with Gasteiger partial charge in [0, 0.05) is 6.54 Å². The lowest BCUT2D eigenvalue weighted by Crippen LogP contribution is -2.52. The molecule has 1 atom stereocenters. The molecule has 0 aromatic rings. The lowest BCUT2D eigenvalue weighted by molar-refractivity contribution is -0.141. The molecule has 0 aliphatic heterocycles. The molecule has 0 aromatic carbocycles. The average Bonchev–Trinajstić information content (AvgIpc) is 3.02. The first-order chi connectivity index (χ1) is 8.70. The standard InChI is InChI=1S/C14H26N2O3/c1-5-6-14(7-8-14)9-15-12(19)16-10(11(17)18)13(2,3)4/h10H,5-9H2,1-4H3,(H,17,18)(H2,15,16,19)/t10-/m1/s1. The molecular weight excluding hydrogens is 244 g/mol. The number of hydrogen-bond donors (Lipinski definition) is 3. The van der Waals surface area contributed by atoms with Crippen molar-refractivity contribution in [2.24, 2.45) is 10.8 Å². The molecule has 0 spiro atoms. The third-order valence-electron chi connectivity index (χ3n) is 3.75. The second kappa shape index (κ2) is 5.80. The Hall–Kier alpha value is -1.26. The molecule has 1 aliphatic carbocycles. The van der Waals surface area contributed by atoms with Gasteiger partial charge in [0.1, 0.15) is 6.04 Å². The number of carbonyl (C=O) groups excluding carboxylic acids is 1. The number of aliphatic carboxylic acids is 1. The van der Waals surface area contributed by atoms with E-state index < -0.39 is 17.4 Å². The quantitative estimate of drug-likeness (QED) is 0.693. The Labute approximate surface area is 115 Å². The van der Waals surface area contributed by atoms with Crippen LogP contribution in [0.15, 0.2) is 0 Å². The van der Waals surface area contributed by atoms with E-state index >= 15 is 0 Å². The largest absolute Gasteiger partial charge is 0.480 e. The first-order valence-corrected chi connectivity index (χ1v) is 6.97. The molecule has 0 unspecified atom stereocenters. The fraction of sp³-hybridized carbons (Fsp3) is 0.857. The maximum atomic E-state index is 11.8. The third-order valence-corrected chi connectivity index (χ3v) is 3.75. The molecule has 1 fully saturated rings. The normalized spacial score (nSPS) is 18.5. The molecule has 0 saturated heterocycles. The van der Waals surface area contributed by atoms with E-state index in [9.17, 15) is 9.59 Å². The molecular formula is C14H26N2O3. The fourth-order valence-electron chi connectivity index (χ4n) is 2.32. The van der Waals surface area contributed by atoms with Crippen LogP contribution in [0.2, 0.25) is 0 Å². The van der Waals surface area contributed by atoms with Crippen LogP contribution in [-0.4, -0.2) is 29.7 Å². The van der Waals surface area contributed by atoms with Gasteiger partial charge in [0.05, 0.1) is 0 Å².